The lowest BCUT2D eigenvalue weighted by Crippen LogP contribution is -2.13. The molecule has 4 rings (SSSR count). The lowest BCUT2D eigenvalue weighted by molar-refractivity contribution is -0.115. The lowest BCUT2D eigenvalue weighted by atomic mass is 10.2. The van der Waals surface area contributed by atoms with Gasteiger partial charge in [-0.3, -0.25) is 4.79 Å². The molecule has 0 aliphatic heterocycles. The van der Waals surface area contributed by atoms with Crippen LogP contribution in [0.4, 0.5) is 5.13 Å². The Labute approximate surface area is 168 Å². The molecular formula is C20H15BrN4OS. The number of halogens is 1. The number of nitrogens with zero attached hydrogens (tertiary/aromatic N) is 3. The van der Waals surface area contributed by atoms with Gasteiger partial charge in [-0.15, -0.1) is 11.3 Å². The van der Waals surface area contributed by atoms with Crippen LogP contribution in [0, 0.1) is 0 Å². The molecule has 7 heteroatoms. The maximum atomic E-state index is 12.3. The second kappa shape index (κ2) is 7.85. The van der Waals surface area contributed by atoms with E-state index in [9.17, 15) is 4.79 Å². The number of carbonyl (C=O) groups is 1. The molecule has 2 aromatic heterocycles. The van der Waals surface area contributed by atoms with Gasteiger partial charge in [0.2, 0.25) is 5.91 Å². The van der Waals surface area contributed by atoms with Crippen LogP contribution in [0.5, 0.6) is 0 Å². The highest BCUT2D eigenvalue weighted by atomic mass is 79.9. The Hall–Kier alpha value is -2.77. The molecule has 2 heterocycles. The van der Waals surface area contributed by atoms with Crippen molar-refractivity contribution in [2.45, 2.75) is 6.42 Å². The van der Waals surface area contributed by atoms with Crippen molar-refractivity contribution in [2.75, 3.05) is 5.32 Å². The summed E-state index contributed by atoms with van der Waals surface area (Å²) in [6.07, 6.45) is 3.83. The fraction of sp³-hybridized carbons (Fsp3) is 0.0500. The van der Waals surface area contributed by atoms with Gasteiger partial charge < -0.3 is 5.32 Å². The Morgan fingerprint density at radius 2 is 1.89 bits per heavy atom. The molecule has 0 atom stereocenters. The van der Waals surface area contributed by atoms with Crippen LogP contribution in [-0.2, 0) is 11.2 Å². The smallest absolute Gasteiger partial charge is 0.230 e. The predicted molar refractivity (Wildman–Crippen MR) is 111 cm³/mol. The number of aromatic nitrogens is 3. The van der Waals surface area contributed by atoms with Gasteiger partial charge >= 0.3 is 0 Å². The van der Waals surface area contributed by atoms with Crippen molar-refractivity contribution in [3.8, 4) is 16.9 Å². The number of hydrogen-bond acceptors (Lipinski definition) is 4. The van der Waals surface area contributed by atoms with Crippen LogP contribution in [-0.4, -0.2) is 20.7 Å². The van der Waals surface area contributed by atoms with Crippen LogP contribution in [0.1, 0.15) is 5.56 Å². The number of rotatable bonds is 5. The first-order valence-electron chi connectivity index (χ1n) is 8.28. The normalized spacial score (nSPS) is 10.7. The largest absolute Gasteiger partial charge is 0.302 e. The van der Waals surface area contributed by atoms with Crippen LogP contribution < -0.4 is 5.32 Å². The zero-order chi connectivity index (χ0) is 18.6. The van der Waals surface area contributed by atoms with Crippen LogP contribution in [0.2, 0.25) is 0 Å². The molecule has 4 aromatic rings. The molecule has 0 saturated heterocycles. The van der Waals surface area contributed by atoms with Crippen LogP contribution in [0.25, 0.3) is 16.9 Å². The standard InChI is InChI=1S/C20H15BrN4OS/c21-16-8-6-15(7-9-16)18-13-27-20(23-18)24-19(26)10-14-11-22-25(12-14)17-4-2-1-3-5-17/h1-9,11-13H,10H2,(H,23,24,26). The van der Waals surface area contributed by atoms with E-state index >= 15 is 0 Å². The third-order valence-electron chi connectivity index (χ3n) is 3.91. The minimum atomic E-state index is -0.112. The molecule has 0 bridgehead atoms. The molecule has 5 nitrogen and oxygen atoms in total. The maximum Gasteiger partial charge on any atom is 0.230 e. The number of para-hydroxylation sites is 1. The minimum Gasteiger partial charge on any atom is -0.302 e. The van der Waals surface area contributed by atoms with Gasteiger partial charge in [-0.05, 0) is 29.8 Å². The molecular weight excluding hydrogens is 424 g/mol. The van der Waals surface area contributed by atoms with Gasteiger partial charge in [0, 0.05) is 21.6 Å². The summed E-state index contributed by atoms with van der Waals surface area (Å²) in [7, 11) is 0. The first-order valence-corrected chi connectivity index (χ1v) is 9.95. The Morgan fingerprint density at radius 1 is 1.11 bits per heavy atom. The van der Waals surface area contributed by atoms with Gasteiger partial charge in [-0.2, -0.15) is 5.10 Å². The van der Waals surface area contributed by atoms with Crippen LogP contribution in [0.15, 0.2) is 76.8 Å². The molecule has 1 N–H and O–H groups in total. The number of anilines is 1. The van der Waals surface area contributed by atoms with E-state index < -0.39 is 0 Å². The second-order valence-corrected chi connectivity index (χ2v) is 7.67. The molecule has 1 amide bonds. The number of benzene rings is 2. The first kappa shape index (κ1) is 17.6. The fourth-order valence-corrected chi connectivity index (χ4v) is 3.61. The van der Waals surface area contributed by atoms with E-state index in [-0.39, 0.29) is 12.3 Å². The topological polar surface area (TPSA) is 59.8 Å². The fourth-order valence-electron chi connectivity index (χ4n) is 2.61. The molecule has 0 fully saturated rings. The molecule has 2 aromatic carbocycles. The summed E-state index contributed by atoms with van der Waals surface area (Å²) >= 11 is 4.84. The monoisotopic (exact) mass is 438 g/mol. The molecule has 0 aliphatic carbocycles. The molecule has 27 heavy (non-hydrogen) atoms. The van der Waals surface area contributed by atoms with E-state index in [1.807, 2.05) is 66.2 Å². The van der Waals surface area contributed by atoms with E-state index in [0.29, 0.717) is 5.13 Å². The zero-order valence-corrected chi connectivity index (χ0v) is 16.6. The average molecular weight is 439 g/mol. The Kier molecular flexibility index (Phi) is 5.13. The number of hydrogen-bond donors (Lipinski definition) is 1. The van der Waals surface area contributed by atoms with Crippen molar-refractivity contribution in [3.63, 3.8) is 0 Å². The highest BCUT2D eigenvalue weighted by Crippen LogP contribution is 2.26. The van der Waals surface area contributed by atoms with E-state index in [0.717, 1.165) is 27.0 Å². The Bertz CT molecular complexity index is 1060. The third kappa shape index (κ3) is 4.32. The SMILES string of the molecule is O=C(Cc1cnn(-c2ccccc2)c1)Nc1nc(-c2ccc(Br)cc2)cs1. The highest BCUT2D eigenvalue weighted by Gasteiger charge is 2.10. The van der Waals surface area contributed by atoms with E-state index in [1.165, 1.54) is 11.3 Å². The van der Waals surface area contributed by atoms with E-state index in [1.54, 1.807) is 10.9 Å². The van der Waals surface area contributed by atoms with Gasteiger partial charge in [0.15, 0.2) is 5.13 Å². The first-order chi connectivity index (χ1) is 13.2. The average Bonchev–Trinajstić information content (AvgIpc) is 3.33. The van der Waals surface area contributed by atoms with E-state index in [4.69, 9.17) is 0 Å². The van der Waals surface area contributed by atoms with Crippen molar-refractivity contribution in [3.05, 3.63) is 82.4 Å². The summed E-state index contributed by atoms with van der Waals surface area (Å²) < 4.78 is 2.78. The third-order valence-corrected chi connectivity index (χ3v) is 5.20. The second-order valence-electron chi connectivity index (χ2n) is 5.90. The van der Waals surface area contributed by atoms with E-state index in [2.05, 4.69) is 31.3 Å². The quantitative estimate of drug-likeness (QED) is 0.479. The zero-order valence-electron chi connectivity index (χ0n) is 14.2. The summed E-state index contributed by atoms with van der Waals surface area (Å²) in [6, 6.07) is 17.7. The van der Waals surface area contributed by atoms with Crippen LogP contribution >= 0.6 is 27.3 Å². The summed E-state index contributed by atoms with van der Waals surface area (Å²) in [5.74, 6) is -0.112. The lowest BCUT2D eigenvalue weighted by Gasteiger charge is -2.01. The van der Waals surface area contributed by atoms with Gasteiger partial charge in [-0.1, -0.05) is 46.3 Å². The molecule has 0 radical (unpaired) electrons. The van der Waals surface area contributed by atoms with Crippen LogP contribution in [0.3, 0.4) is 0 Å². The predicted octanol–water partition coefficient (Wildman–Crippen LogP) is 4.94. The molecule has 0 unspecified atom stereocenters. The highest BCUT2D eigenvalue weighted by molar-refractivity contribution is 9.10. The number of nitrogens with one attached hydrogen (secondary N) is 1. The van der Waals surface area contributed by atoms with Gasteiger partial charge in [0.25, 0.3) is 0 Å². The van der Waals surface area contributed by atoms with Crippen molar-refractivity contribution >= 4 is 38.3 Å². The van der Waals surface area contributed by atoms with Crippen molar-refractivity contribution < 1.29 is 4.79 Å². The molecule has 0 aliphatic rings. The van der Waals surface area contributed by atoms with Crippen molar-refractivity contribution in [2.24, 2.45) is 0 Å². The van der Waals surface area contributed by atoms with Gasteiger partial charge in [0.1, 0.15) is 0 Å². The summed E-state index contributed by atoms with van der Waals surface area (Å²) in [6.45, 7) is 0. The van der Waals surface area contributed by atoms with Crippen molar-refractivity contribution in [1.82, 2.24) is 14.8 Å². The Balaban J connectivity index is 1.40. The summed E-state index contributed by atoms with van der Waals surface area (Å²) in [5.41, 5.74) is 3.67. The maximum absolute atomic E-state index is 12.3. The Morgan fingerprint density at radius 3 is 2.67 bits per heavy atom. The summed E-state index contributed by atoms with van der Waals surface area (Å²) in [5, 5.41) is 9.71. The number of amides is 1. The molecule has 0 spiro atoms. The molecule has 0 saturated carbocycles. The van der Waals surface area contributed by atoms with Gasteiger partial charge in [0.05, 0.1) is 24.0 Å². The number of carbonyl (C=O) groups excluding carboxylic acids is 1. The minimum absolute atomic E-state index is 0.112. The van der Waals surface area contributed by atoms with Crippen molar-refractivity contribution in [1.29, 1.82) is 0 Å². The summed E-state index contributed by atoms with van der Waals surface area (Å²) in [4.78, 5) is 16.8. The number of thiazole rings is 1. The van der Waals surface area contributed by atoms with Gasteiger partial charge in [-0.25, -0.2) is 9.67 Å². The molecule has 134 valence electrons.